The quantitative estimate of drug-likeness (QED) is 0.663. The maximum atomic E-state index is 12.5. The summed E-state index contributed by atoms with van der Waals surface area (Å²) < 4.78 is 0. The van der Waals surface area contributed by atoms with Crippen molar-refractivity contribution < 1.29 is 9.72 Å². The normalized spacial score (nSPS) is 17.2. The number of pyridine rings is 2. The summed E-state index contributed by atoms with van der Waals surface area (Å²) in [4.78, 5) is 32.8. The lowest BCUT2D eigenvalue weighted by Gasteiger charge is -2.32. The zero-order valence-electron chi connectivity index (χ0n) is 13.3. The zero-order chi connectivity index (χ0) is 17.8. The number of hydrogen-bond donors (Lipinski definition) is 1. The van der Waals surface area contributed by atoms with Crippen molar-refractivity contribution in [3.8, 4) is 0 Å². The van der Waals surface area contributed by atoms with Crippen molar-refractivity contribution in [3.05, 3.63) is 51.8 Å². The van der Waals surface area contributed by atoms with E-state index in [1.165, 1.54) is 18.5 Å². The van der Waals surface area contributed by atoms with Crippen LogP contribution in [-0.4, -0.2) is 33.9 Å². The largest absolute Gasteiger partial charge is 0.356 e. The summed E-state index contributed by atoms with van der Waals surface area (Å²) in [5.41, 5.74) is -0.0520. The lowest BCUT2D eigenvalue weighted by atomic mass is 9.97. The number of amides is 1. The summed E-state index contributed by atoms with van der Waals surface area (Å²) in [6, 6.07) is 6.35. The van der Waals surface area contributed by atoms with Gasteiger partial charge < -0.3 is 10.2 Å². The third-order valence-electron chi connectivity index (χ3n) is 4.04. The van der Waals surface area contributed by atoms with Crippen LogP contribution >= 0.6 is 11.6 Å². The fraction of sp³-hybridized carbons (Fsp3) is 0.312. The Hall–Kier alpha value is -2.74. The molecule has 2 aromatic rings. The van der Waals surface area contributed by atoms with Crippen LogP contribution in [-0.2, 0) is 4.79 Å². The molecule has 1 aliphatic rings. The van der Waals surface area contributed by atoms with Crippen LogP contribution in [0, 0.1) is 16.0 Å². The Labute approximate surface area is 149 Å². The second kappa shape index (κ2) is 7.43. The molecular weight excluding hydrogens is 346 g/mol. The number of aromatic nitrogens is 2. The van der Waals surface area contributed by atoms with E-state index in [1.807, 2.05) is 4.90 Å². The molecule has 3 heterocycles. The predicted octanol–water partition coefficient (Wildman–Crippen LogP) is 2.89. The zero-order valence-corrected chi connectivity index (χ0v) is 14.0. The molecule has 1 fully saturated rings. The Morgan fingerprint density at radius 3 is 2.76 bits per heavy atom. The molecule has 0 radical (unpaired) electrons. The number of nitro groups is 1. The SMILES string of the molecule is O=C(Nc1ccc(Cl)cn1)[C@H]1CCCN(c2ccc([N+](=O)[O-])cn2)C1. The summed E-state index contributed by atoms with van der Waals surface area (Å²) in [6.07, 6.45) is 4.31. The third-order valence-corrected chi connectivity index (χ3v) is 4.26. The van der Waals surface area contributed by atoms with Gasteiger partial charge in [-0.2, -0.15) is 0 Å². The van der Waals surface area contributed by atoms with Gasteiger partial charge in [0.25, 0.3) is 5.69 Å². The number of rotatable bonds is 4. The first-order valence-corrected chi connectivity index (χ1v) is 8.18. The van der Waals surface area contributed by atoms with Crippen LogP contribution in [0.3, 0.4) is 0 Å². The summed E-state index contributed by atoms with van der Waals surface area (Å²) in [5, 5.41) is 14.0. The average molecular weight is 362 g/mol. The Morgan fingerprint density at radius 1 is 1.28 bits per heavy atom. The van der Waals surface area contributed by atoms with Crippen LogP contribution < -0.4 is 10.2 Å². The maximum absolute atomic E-state index is 12.5. The molecule has 1 amide bonds. The highest BCUT2D eigenvalue weighted by molar-refractivity contribution is 6.30. The van der Waals surface area contributed by atoms with Crippen LogP contribution in [0.1, 0.15) is 12.8 Å². The number of hydrogen-bond acceptors (Lipinski definition) is 6. The smallest absolute Gasteiger partial charge is 0.287 e. The molecule has 0 aromatic carbocycles. The van der Waals surface area contributed by atoms with Crippen molar-refractivity contribution in [2.24, 2.45) is 5.92 Å². The molecule has 1 saturated heterocycles. The van der Waals surface area contributed by atoms with Gasteiger partial charge in [0.05, 0.1) is 15.9 Å². The van der Waals surface area contributed by atoms with Crippen molar-refractivity contribution in [1.29, 1.82) is 0 Å². The monoisotopic (exact) mass is 361 g/mol. The highest BCUT2D eigenvalue weighted by Crippen LogP contribution is 2.24. The second-order valence-corrected chi connectivity index (χ2v) is 6.20. The van der Waals surface area contributed by atoms with E-state index in [0.717, 1.165) is 19.4 Å². The number of piperidine rings is 1. The number of halogens is 1. The Balaban J connectivity index is 1.64. The molecule has 25 heavy (non-hydrogen) atoms. The number of carbonyl (C=O) groups excluding carboxylic acids is 1. The minimum Gasteiger partial charge on any atom is -0.356 e. The van der Waals surface area contributed by atoms with Gasteiger partial charge in [-0.15, -0.1) is 0 Å². The maximum Gasteiger partial charge on any atom is 0.287 e. The van der Waals surface area contributed by atoms with Crippen LogP contribution in [0.2, 0.25) is 5.02 Å². The van der Waals surface area contributed by atoms with Gasteiger partial charge in [0.1, 0.15) is 17.8 Å². The third kappa shape index (κ3) is 4.21. The van der Waals surface area contributed by atoms with Crippen molar-refractivity contribution in [3.63, 3.8) is 0 Å². The molecular formula is C16H16ClN5O3. The minimum absolute atomic E-state index is 0.0520. The topological polar surface area (TPSA) is 101 Å². The lowest BCUT2D eigenvalue weighted by Crippen LogP contribution is -2.41. The van der Waals surface area contributed by atoms with Crippen LogP contribution in [0.25, 0.3) is 0 Å². The van der Waals surface area contributed by atoms with E-state index >= 15 is 0 Å². The molecule has 0 spiro atoms. The van der Waals surface area contributed by atoms with E-state index in [0.29, 0.717) is 23.2 Å². The molecule has 1 atom stereocenters. The Kier molecular flexibility index (Phi) is 5.08. The number of carbonyl (C=O) groups is 1. The molecule has 0 bridgehead atoms. The summed E-state index contributed by atoms with van der Waals surface area (Å²) in [6.45, 7) is 1.26. The first-order valence-electron chi connectivity index (χ1n) is 7.81. The van der Waals surface area contributed by atoms with Gasteiger partial charge in [-0.05, 0) is 31.0 Å². The molecule has 0 saturated carbocycles. The molecule has 0 unspecified atom stereocenters. The first kappa shape index (κ1) is 17.1. The van der Waals surface area contributed by atoms with Crippen molar-refractivity contribution >= 4 is 34.8 Å². The fourth-order valence-electron chi connectivity index (χ4n) is 2.75. The second-order valence-electron chi connectivity index (χ2n) is 5.77. The molecule has 0 aliphatic carbocycles. The average Bonchev–Trinajstić information content (AvgIpc) is 2.64. The first-order chi connectivity index (χ1) is 12.0. The lowest BCUT2D eigenvalue weighted by molar-refractivity contribution is -0.385. The molecule has 8 nitrogen and oxygen atoms in total. The minimum atomic E-state index is -0.484. The van der Waals surface area contributed by atoms with Crippen LogP contribution in [0.15, 0.2) is 36.7 Å². The van der Waals surface area contributed by atoms with Crippen molar-refractivity contribution in [1.82, 2.24) is 9.97 Å². The summed E-state index contributed by atoms with van der Waals surface area (Å²) in [7, 11) is 0. The number of nitrogens with one attached hydrogen (secondary N) is 1. The highest BCUT2D eigenvalue weighted by Gasteiger charge is 2.27. The van der Waals surface area contributed by atoms with Gasteiger partial charge in [-0.3, -0.25) is 14.9 Å². The van der Waals surface area contributed by atoms with Gasteiger partial charge in [-0.1, -0.05) is 11.6 Å². The highest BCUT2D eigenvalue weighted by atomic mass is 35.5. The molecule has 9 heteroatoms. The van der Waals surface area contributed by atoms with Crippen LogP contribution in [0.4, 0.5) is 17.3 Å². The summed E-state index contributed by atoms with van der Waals surface area (Å²) in [5.74, 6) is 0.775. The Morgan fingerprint density at radius 2 is 2.12 bits per heavy atom. The summed E-state index contributed by atoms with van der Waals surface area (Å²) >= 11 is 5.78. The van der Waals surface area contributed by atoms with E-state index in [2.05, 4.69) is 15.3 Å². The molecule has 130 valence electrons. The number of nitrogens with zero attached hydrogens (tertiary/aromatic N) is 4. The molecule has 1 N–H and O–H groups in total. The van der Waals surface area contributed by atoms with E-state index in [-0.39, 0.29) is 17.5 Å². The molecule has 3 rings (SSSR count). The van der Waals surface area contributed by atoms with E-state index in [1.54, 1.807) is 18.2 Å². The predicted molar refractivity (Wildman–Crippen MR) is 93.7 cm³/mol. The Bertz CT molecular complexity index is 766. The number of anilines is 2. The van der Waals surface area contributed by atoms with Gasteiger partial charge in [0, 0.05) is 25.4 Å². The fourth-order valence-corrected chi connectivity index (χ4v) is 2.86. The standard InChI is InChI=1S/C16H16ClN5O3/c17-12-3-5-14(18-8-12)20-16(23)11-2-1-7-21(10-11)15-6-4-13(9-19-15)22(24)25/h3-6,8-9,11H,1-2,7,10H2,(H,18,20,23)/t11-/m0/s1. The van der Waals surface area contributed by atoms with E-state index < -0.39 is 4.92 Å². The molecule has 2 aromatic heterocycles. The van der Waals surface area contributed by atoms with Crippen molar-refractivity contribution in [2.45, 2.75) is 12.8 Å². The molecule has 1 aliphatic heterocycles. The van der Waals surface area contributed by atoms with Gasteiger partial charge in [0.15, 0.2) is 0 Å². The van der Waals surface area contributed by atoms with Crippen molar-refractivity contribution in [2.75, 3.05) is 23.3 Å². The van der Waals surface area contributed by atoms with Crippen LogP contribution in [0.5, 0.6) is 0 Å². The van der Waals surface area contributed by atoms with Gasteiger partial charge in [0.2, 0.25) is 5.91 Å². The van der Waals surface area contributed by atoms with E-state index in [4.69, 9.17) is 11.6 Å². The van der Waals surface area contributed by atoms with Gasteiger partial charge in [-0.25, -0.2) is 9.97 Å². The van der Waals surface area contributed by atoms with E-state index in [9.17, 15) is 14.9 Å². The van der Waals surface area contributed by atoms with Gasteiger partial charge >= 0.3 is 0 Å².